The average molecular weight is 366 g/mol. The van der Waals surface area contributed by atoms with Gasteiger partial charge < -0.3 is 9.88 Å². The minimum atomic E-state index is -4.75. The molecule has 0 aliphatic heterocycles. The number of hydrogen-bond acceptors (Lipinski definition) is 2. The molecule has 0 spiro atoms. The van der Waals surface area contributed by atoms with E-state index in [2.05, 4.69) is 5.32 Å². The molecule has 1 unspecified atom stereocenters. The van der Waals surface area contributed by atoms with E-state index in [1.54, 1.807) is 0 Å². The fourth-order valence-corrected chi connectivity index (χ4v) is 2.71. The zero-order valence-electron chi connectivity index (χ0n) is 14.6. The molecule has 0 fully saturated rings. The van der Waals surface area contributed by atoms with Crippen LogP contribution in [0.5, 0.6) is 0 Å². The van der Waals surface area contributed by atoms with Gasteiger partial charge in [-0.2, -0.15) is 13.2 Å². The summed E-state index contributed by atoms with van der Waals surface area (Å²) >= 11 is 0. The molecule has 0 aliphatic carbocycles. The number of alkyl halides is 3. The third-order valence-electron chi connectivity index (χ3n) is 3.88. The third-order valence-corrected chi connectivity index (χ3v) is 3.88. The number of amides is 1. The van der Waals surface area contributed by atoms with E-state index in [0.29, 0.717) is 18.4 Å². The fraction of sp³-hybridized carbons (Fsp3) is 0.368. The lowest BCUT2D eigenvalue weighted by Gasteiger charge is -2.21. The first-order chi connectivity index (χ1) is 12.2. The summed E-state index contributed by atoms with van der Waals surface area (Å²) in [6.07, 6.45) is -2.90. The predicted molar refractivity (Wildman–Crippen MR) is 92.5 cm³/mol. The van der Waals surface area contributed by atoms with Gasteiger partial charge in [-0.05, 0) is 30.0 Å². The zero-order valence-corrected chi connectivity index (χ0v) is 14.6. The summed E-state index contributed by atoms with van der Waals surface area (Å²) in [4.78, 5) is 24.3. The summed E-state index contributed by atoms with van der Waals surface area (Å²) in [7, 11) is 0. The largest absolute Gasteiger partial charge is 0.421 e. The van der Waals surface area contributed by atoms with Crippen LogP contribution in [-0.4, -0.2) is 10.5 Å². The van der Waals surface area contributed by atoms with Gasteiger partial charge in [-0.1, -0.05) is 44.2 Å². The van der Waals surface area contributed by atoms with Crippen LogP contribution < -0.4 is 10.9 Å². The molecule has 2 rings (SSSR count). The summed E-state index contributed by atoms with van der Waals surface area (Å²) in [6.45, 7) is 3.56. The molecule has 7 heteroatoms. The molecule has 26 heavy (non-hydrogen) atoms. The van der Waals surface area contributed by atoms with Crippen molar-refractivity contribution in [2.45, 2.75) is 39.0 Å². The summed E-state index contributed by atoms with van der Waals surface area (Å²) in [6, 6.07) is 10.9. The molecule has 1 amide bonds. The maximum absolute atomic E-state index is 12.8. The van der Waals surface area contributed by atoms with Crippen molar-refractivity contribution >= 4 is 5.91 Å². The van der Waals surface area contributed by atoms with Gasteiger partial charge in [-0.25, -0.2) is 0 Å². The molecule has 0 radical (unpaired) electrons. The first-order valence-corrected chi connectivity index (χ1v) is 8.29. The Morgan fingerprint density at radius 3 is 2.35 bits per heavy atom. The monoisotopic (exact) mass is 366 g/mol. The number of carbonyl (C=O) groups excluding carboxylic acids is 1. The van der Waals surface area contributed by atoms with E-state index in [9.17, 15) is 22.8 Å². The standard InChI is InChI=1S/C19H21F3N2O2/c1-13(2)11-16(14-7-4-3-5-8-14)23-17(25)12-24-10-6-9-15(18(24)26)19(20,21)22/h3-10,13,16H,11-12H2,1-2H3,(H,23,25). The Hall–Kier alpha value is -2.57. The summed E-state index contributed by atoms with van der Waals surface area (Å²) < 4.78 is 39.3. The highest BCUT2D eigenvalue weighted by Gasteiger charge is 2.34. The van der Waals surface area contributed by atoms with Crippen LogP contribution in [0.15, 0.2) is 53.5 Å². The van der Waals surface area contributed by atoms with Crippen molar-refractivity contribution in [2.75, 3.05) is 0 Å². The molecule has 1 aromatic carbocycles. The maximum atomic E-state index is 12.8. The summed E-state index contributed by atoms with van der Waals surface area (Å²) in [5.41, 5.74) is -1.60. The van der Waals surface area contributed by atoms with Crippen LogP contribution in [0, 0.1) is 5.92 Å². The van der Waals surface area contributed by atoms with Crippen LogP contribution in [0.25, 0.3) is 0 Å². The first kappa shape index (κ1) is 19.8. The van der Waals surface area contributed by atoms with E-state index in [0.717, 1.165) is 16.2 Å². The number of halogens is 3. The van der Waals surface area contributed by atoms with Crippen molar-refractivity contribution < 1.29 is 18.0 Å². The number of aromatic nitrogens is 1. The molecule has 140 valence electrons. The zero-order chi connectivity index (χ0) is 19.3. The Labute approximate surface area is 149 Å². The predicted octanol–water partition coefficient (Wildman–Crippen LogP) is 3.77. The van der Waals surface area contributed by atoms with Crippen molar-refractivity contribution in [3.63, 3.8) is 0 Å². The van der Waals surface area contributed by atoms with E-state index >= 15 is 0 Å². The van der Waals surface area contributed by atoms with Crippen LogP contribution in [0.1, 0.15) is 37.4 Å². The number of benzene rings is 1. The molecule has 0 saturated carbocycles. The highest BCUT2D eigenvalue weighted by atomic mass is 19.4. The molecule has 1 aromatic heterocycles. The Bertz CT molecular complexity index is 798. The lowest BCUT2D eigenvalue weighted by molar-refractivity contribution is -0.139. The second-order valence-electron chi connectivity index (χ2n) is 6.51. The number of hydrogen-bond donors (Lipinski definition) is 1. The second-order valence-corrected chi connectivity index (χ2v) is 6.51. The van der Waals surface area contributed by atoms with Crippen molar-refractivity contribution in [1.82, 2.24) is 9.88 Å². The average Bonchev–Trinajstić information content (AvgIpc) is 2.55. The summed E-state index contributed by atoms with van der Waals surface area (Å²) in [5.74, 6) is -0.210. The molecule has 1 atom stereocenters. The van der Waals surface area contributed by atoms with Crippen LogP contribution in [0.2, 0.25) is 0 Å². The minimum Gasteiger partial charge on any atom is -0.348 e. The fourth-order valence-electron chi connectivity index (χ4n) is 2.71. The molecule has 2 aromatic rings. The molecule has 0 bridgehead atoms. The number of carbonyl (C=O) groups is 1. The maximum Gasteiger partial charge on any atom is 0.421 e. The van der Waals surface area contributed by atoms with Gasteiger partial charge in [0.05, 0.1) is 6.04 Å². The molecule has 0 aliphatic rings. The van der Waals surface area contributed by atoms with Crippen LogP contribution in [-0.2, 0) is 17.5 Å². The minimum absolute atomic E-state index is 0.273. The molecular formula is C19H21F3N2O2. The topological polar surface area (TPSA) is 51.1 Å². The van der Waals surface area contributed by atoms with Gasteiger partial charge in [0, 0.05) is 6.20 Å². The molecular weight excluding hydrogens is 345 g/mol. The highest BCUT2D eigenvalue weighted by Crippen LogP contribution is 2.26. The Balaban J connectivity index is 2.18. The third kappa shape index (κ3) is 5.21. The second kappa shape index (κ2) is 8.21. The molecule has 1 heterocycles. The Morgan fingerprint density at radius 2 is 1.77 bits per heavy atom. The van der Waals surface area contributed by atoms with Gasteiger partial charge in [-0.3, -0.25) is 9.59 Å². The van der Waals surface area contributed by atoms with Gasteiger partial charge in [0.1, 0.15) is 12.1 Å². The number of pyridine rings is 1. The van der Waals surface area contributed by atoms with Crippen LogP contribution in [0.4, 0.5) is 13.2 Å². The van der Waals surface area contributed by atoms with Crippen LogP contribution in [0.3, 0.4) is 0 Å². The molecule has 0 saturated heterocycles. The van der Waals surface area contributed by atoms with Gasteiger partial charge in [0.2, 0.25) is 5.91 Å². The van der Waals surface area contributed by atoms with E-state index in [1.807, 2.05) is 44.2 Å². The van der Waals surface area contributed by atoms with Crippen molar-refractivity contribution in [3.05, 3.63) is 70.1 Å². The van der Waals surface area contributed by atoms with E-state index in [-0.39, 0.29) is 6.04 Å². The molecule has 4 nitrogen and oxygen atoms in total. The van der Waals surface area contributed by atoms with Crippen molar-refractivity contribution in [2.24, 2.45) is 5.92 Å². The van der Waals surface area contributed by atoms with Gasteiger partial charge in [0.25, 0.3) is 5.56 Å². The van der Waals surface area contributed by atoms with Crippen molar-refractivity contribution in [3.8, 4) is 0 Å². The molecule has 1 N–H and O–H groups in total. The van der Waals surface area contributed by atoms with E-state index in [1.165, 1.54) is 6.20 Å². The van der Waals surface area contributed by atoms with E-state index in [4.69, 9.17) is 0 Å². The first-order valence-electron chi connectivity index (χ1n) is 8.29. The van der Waals surface area contributed by atoms with Gasteiger partial charge >= 0.3 is 6.18 Å². The van der Waals surface area contributed by atoms with Gasteiger partial charge in [0.15, 0.2) is 0 Å². The SMILES string of the molecule is CC(C)CC(NC(=O)Cn1cccc(C(F)(F)F)c1=O)c1ccccc1. The number of nitrogens with zero attached hydrogens (tertiary/aromatic N) is 1. The van der Waals surface area contributed by atoms with E-state index < -0.39 is 29.8 Å². The smallest absolute Gasteiger partial charge is 0.348 e. The number of nitrogens with one attached hydrogen (secondary N) is 1. The number of rotatable bonds is 6. The normalized spacial score (nSPS) is 12.8. The highest BCUT2D eigenvalue weighted by molar-refractivity contribution is 5.76. The lowest BCUT2D eigenvalue weighted by atomic mass is 9.97. The Morgan fingerprint density at radius 1 is 1.12 bits per heavy atom. The van der Waals surface area contributed by atoms with Gasteiger partial charge in [-0.15, -0.1) is 0 Å². The summed E-state index contributed by atoms with van der Waals surface area (Å²) in [5, 5.41) is 2.82. The Kier molecular flexibility index (Phi) is 6.23. The van der Waals surface area contributed by atoms with Crippen molar-refractivity contribution in [1.29, 1.82) is 0 Å². The van der Waals surface area contributed by atoms with Crippen LogP contribution >= 0.6 is 0 Å². The quantitative estimate of drug-likeness (QED) is 0.846. The lowest BCUT2D eigenvalue weighted by Crippen LogP contribution is -2.36.